The maximum Gasteiger partial charge on any atom is 0.258 e. The molecule has 1 N–H and O–H groups in total. The Balaban J connectivity index is 2.20. The van der Waals surface area contributed by atoms with Crippen LogP contribution in [0.4, 0.5) is 0 Å². The van der Waals surface area contributed by atoms with Crippen LogP contribution < -0.4 is 4.72 Å². The van der Waals surface area contributed by atoms with Gasteiger partial charge in [0.05, 0.1) is 18.8 Å². The zero-order valence-corrected chi connectivity index (χ0v) is 14.5. The van der Waals surface area contributed by atoms with Crippen LogP contribution in [0.15, 0.2) is 23.6 Å². The molecule has 0 aliphatic rings. The number of nitrogens with zero attached hydrogens (tertiary/aromatic N) is 5. The lowest BCUT2D eigenvalue weighted by atomic mass is 10.3. The Bertz CT molecular complexity index is 736. The summed E-state index contributed by atoms with van der Waals surface area (Å²) in [6, 6.07) is 0.886. The molecule has 128 valence electrons. The van der Waals surface area contributed by atoms with Crippen molar-refractivity contribution in [2.45, 2.75) is 44.4 Å². The fraction of sp³-hybridized carbons (Fsp3) is 0.615. The van der Waals surface area contributed by atoms with Gasteiger partial charge in [-0.1, -0.05) is 0 Å². The van der Waals surface area contributed by atoms with E-state index >= 15 is 0 Å². The second kappa shape index (κ2) is 7.20. The van der Waals surface area contributed by atoms with Crippen molar-refractivity contribution in [1.82, 2.24) is 29.3 Å². The molecular weight excluding hydrogens is 320 g/mol. The van der Waals surface area contributed by atoms with Crippen LogP contribution in [0.2, 0.25) is 0 Å². The summed E-state index contributed by atoms with van der Waals surface area (Å²) in [4.78, 5) is 0. The number of hydrogen-bond donors (Lipinski definition) is 1. The highest BCUT2D eigenvalue weighted by Gasteiger charge is 2.25. The van der Waals surface area contributed by atoms with Gasteiger partial charge in [0.2, 0.25) is 0 Å². The first-order valence-electron chi connectivity index (χ1n) is 7.29. The van der Waals surface area contributed by atoms with Gasteiger partial charge in [0.15, 0.2) is 10.9 Å². The number of methoxy groups -OCH3 is 1. The van der Waals surface area contributed by atoms with Crippen molar-refractivity contribution in [1.29, 1.82) is 0 Å². The van der Waals surface area contributed by atoms with Gasteiger partial charge in [0.1, 0.15) is 6.33 Å². The van der Waals surface area contributed by atoms with Crippen molar-refractivity contribution in [2.24, 2.45) is 0 Å². The SMILES string of the molecule is COCCn1cnnc1C(C)NS(=O)(=O)c1ccnn1C(C)C. The van der Waals surface area contributed by atoms with Gasteiger partial charge >= 0.3 is 0 Å². The molecular formula is C13H22N6O3S. The van der Waals surface area contributed by atoms with Gasteiger partial charge in [-0.15, -0.1) is 10.2 Å². The van der Waals surface area contributed by atoms with Crippen molar-refractivity contribution in [3.8, 4) is 0 Å². The monoisotopic (exact) mass is 342 g/mol. The number of sulfonamides is 1. The Labute approximate surface area is 135 Å². The lowest BCUT2D eigenvalue weighted by molar-refractivity contribution is 0.185. The van der Waals surface area contributed by atoms with Crippen LogP contribution in [-0.4, -0.2) is 46.7 Å². The highest BCUT2D eigenvalue weighted by molar-refractivity contribution is 7.89. The summed E-state index contributed by atoms with van der Waals surface area (Å²) >= 11 is 0. The van der Waals surface area contributed by atoms with Crippen LogP contribution in [0, 0.1) is 0 Å². The summed E-state index contributed by atoms with van der Waals surface area (Å²) in [5.41, 5.74) is 0. The van der Waals surface area contributed by atoms with Crippen LogP contribution in [0.5, 0.6) is 0 Å². The predicted octanol–water partition coefficient (Wildman–Crippen LogP) is 0.741. The normalized spacial score (nSPS) is 13.6. The van der Waals surface area contributed by atoms with Gasteiger partial charge in [-0.25, -0.2) is 8.42 Å². The smallest absolute Gasteiger partial charge is 0.258 e. The van der Waals surface area contributed by atoms with E-state index in [0.717, 1.165) is 0 Å². The molecule has 2 heterocycles. The molecule has 1 atom stereocenters. The van der Waals surface area contributed by atoms with E-state index in [4.69, 9.17) is 4.74 Å². The Morgan fingerprint density at radius 1 is 1.35 bits per heavy atom. The maximum atomic E-state index is 12.6. The molecule has 0 aliphatic heterocycles. The van der Waals surface area contributed by atoms with Gasteiger partial charge in [-0.05, 0) is 26.8 Å². The van der Waals surface area contributed by atoms with Crippen LogP contribution in [0.1, 0.15) is 38.7 Å². The van der Waals surface area contributed by atoms with Crippen LogP contribution in [0.3, 0.4) is 0 Å². The molecule has 0 aromatic carbocycles. The van der Waals surface area contributed by atoms with Crippen LogP contribution in [-0.2, 0) is 21.3 Å². The van der Waals surface area contributed by atoms with E-state index in [9.17, 15) is 8.42 Å². The molecule has 0 spiro atoms. The third-order valence-corrected chi connectivity index (χ3v) is 4.84. The van der Waals surface area contributed by atoms with Crippen molar-refractivity contribution in [3.63, 3.8) is 0 Å². The Morgan fingerprint density at radius 3 is 2.74 bits per heavy atom. The average molecular weight is 342 g/mol. The topological polar surface area (TPSA) is 104 Å². The Hall–Kier alpha value is -1.78. The van der Waals surface area contributed by atoms with Gasteiger partial charge in [-0.2, -0.15) is 9.82 Å². The first-order valence-corrected chi connectivity index (χ1v) is 8.77. The highest BCUT2D eigenvalue weighted by Crippen LogP contribution is 2.17. The number of nitrogens with one attached hydrogen (secondary N) is 1. The minimum Gasteiger partial charge on any atom is -0.383 e. The quantitative estimate of drug-likeness (QED) is 0.759. The zero-order chi connectivity index (χ0) is 17.0. The molecule has 23 heavy (non-hydrogen) atoms. The summed E-state index contributed by atoms with van der Waals surface area (Å²) in [6.07, 6.45) is 3.03. The zero-order valence-electron chi connectivity index (χ0n) is 13.7. The molecule has 0 amide bonds. The molecule has 0 saturated heterocycles. The van der Waals surface area contributed by atoms with Crippen molar-refractivity contribution >= 4 is 10.0 Å². The molecule has 10 heteroatoms. The highest BCUT2D eigenvalue weighted by atomic mass is 32.2. The summed E-state index contributed by atoms with van der Waals surface area (Å²) < 4.78 is 36.1. The van der Waals surface area contributed by atoms with Crippen LogP contribution >= 0.6 is 0 Å². The summed E-state index contributed by atoms with van der Waals surface area (Å²) in [5, 5.41) is 12.0. The lowest BCUT2D eigenvalue weighted by Crippen LogP contribution is -2.31. The summed E-state index contributed by atoms with van der Waals surface area (Å²) in [7, 11) is -2.12. The van der Waals surface area contributed by atoms with E-state index in [-0.39, 0.29) is 11.1 Å². The minimum atomic E-state index is -3.72. The summed E-state index contributed by atoms with van der Waals surface area (Å²) in [5.74, 6) is 0.529. The molecule has 2 rings (SSSR count). The molecule has 2 aromatic heterocycles. The maximum absolute atomic E-state index is 12.6. The molecule has 1 unspecified atom stereocenters. The number of hydrogen-bond acceptors (Lipinski definition) is 6. The molecule has 0 fully saturated rings. The fourth-order valence-corrected chi connectivity index (χ4v) is 3.65. The van der Waals surface area contributed by atoms with Gasteiger partial charge in [0.25, 0.3) is 10.0 Å². The first kappa shape index (κ1) is 17.6. The van der Waals surface area contributed by atoms with Gasteiger partial charge in [0, 0.05) is 19.7 Å². The lowest BCUT2D eigenvalue weighted by Gasteiger charge is -2.16. The van der Waals surface area contributed by atoms with Crippen molar-refractivity contribution < 1.29 is 13.2 Å². The summed E-state index contributed by atoms with van der Waals surface area (Å²) in [6.45, 7) is 6.51. The van der Waals surface area contributed by atoms with Crippen molar-refractivity contribution in [3.05, 3.63) is 24.4 Å². The second-order valence-corrected chi connectivity index (χ2v) is 7.09. The first-order chi connectivity index (χ1) is 10.9. The third kappa shape index (κ3) is 3.95. The molecule has 0 saturated carbocycles. The van der Waals surface area contributed by atoms with E-state index in [0.29, 0.717) is 19.0 Å². The van der Waals surface area contributed by atoms with Gasteiger partial charge in [-0.3, -0.25) is 4.68 Å². The third-order valence-electron chi connectivity index (χ3n) is 3.30. The van der Waals surface area contributed by atoms with Crippen LogP contribution in [0.25, 0.3) is 0 Å². The van der Waals surface area contributed by atoms with E-state index in [1.54, 1.807) is 24.9 Å². The van der Waals surface area contributed by atoms with Gasteiger partial charge < -0.3 is 9.30 Å². The van der Waals surface area contributed by atoms with E-state index in [1.807, 2.05) is 13.8 Å². The molecule has 0 radical (unpaired) electrons. The number of ether oxygens (including phenoxy) is 1. The van der Waals surface area contributed by atoms with E-state index in [1.165, 1.54) is 16.9 Å². The minimum absolute atomic E-state index is 0.0581. The Morgan fingerprint density at radius 2 is 2.09 bits per heavy atom. The van der Waals surface area contributed by atoms with E-state index < -0.39 is 16.1 Å². The fourth-order valence-electron chi connectivity index (χ4n) is 2.21. The van der Waals surface area contributed by atoms with Crippen molar-refractivity contribution in [2.75, 3.05) is 13.7 Å². The number of rotatable bonds is 8. The molecule has 9 nitrogen and oxygen atoms in total. The average Bonchev–Trinajstić information content (AvgIpc) is 3.13. The molecule has 0 aliphatic carbocycles. The standard InChI is InChI=1S/C13H22N6O3S/c1-10(2)19-12(5-6-15-19)23(20,21)17-11(3)13-16-14-9-18(13)7-8-22-4/h5-6,9-11,17H,7-8H2,1-4H3. The number of aromatic nitrogens is 5. The van der Waals surface area contributed by atoms with E-state index in [2.05, 4.69) is 20.0 Å². The molecule has 2 aromatic rings. The Kier molecular flexibility index (Phi) is 5.50. The second-order valence-electron chi connectivity index (χ2n) is 5.43. The largest absolute Gasteiger partial charge is 0.383 e. The predicted molar refractivity (Wildman–Crippen MR) is 83.2 cm³/mol. The molecule has 0 bridgehead atoms.